The zero-order valence-electron chi connectivity index (χ0n) is 18.1. The van der Waals surface area contributed by atoms with Gasteiger partial charge in [0.2, 0.25) is 0 Å². The number of ether oxygens (including phenoxy) is 1. The Morgan fingerprint density at radius 3 is 2.68 bits per heavy atom. The van der Waals surface area contributed by atoms with Gasteiger partial charge in [0.05, 0.1) is 25.5 Å². The number of aromatic nitrogens is 2. The minimum atomic E-state index is -0.398. The largest absolute Gasteiger partial charge is 0.497 e. The van der Waals surface area contributed by atoms with Crippen molar-refractivity contribution in [3.05, 3.63) is 70.4 Å². The molecule has 2 N–H and O–H groups in total. The molecule has 2 heterocycles. The van der Waals surface area contributed by atoms with Crippen molar-refractivity contribution in [2.75, 3.05) is 13.7 Å². The molecule has 5 rings (SSSR count). The molecule has 1 amide bonds. The van der Waals surface area contributed by atoms with Crippen molar-refractivity contribution in [3.63, 3.8) is 0 Å². The molecule has 6 heteroatoms. The molecule has 31 heavy (non-hydrogen) atoms. The van der Waals surface area contributed by atoms with E-state index in [0.29, 0.717) is 12.1 Å². The zero-order valence-corrected chi connectivity index (χ0v) is 18.1. The van der Waals surface area contributed by atoms with Gasteiger partial charge in [-0.2, -0.15) is 5.10 Å². The molecule has 6 nitrogen and oxygen atoms in total. The van der Waals surface area contributed by atoms with E-state index in [1.807, 2.05) is 36.4 Å². The van der Waals surface area contributed by atoms with Crippen LogP contribution in [-0.4, -0.2) is 39.8 Å². The van der Waals surface area contributed by atoms with E-state index in [4.69, 9.17) is 4.74 Å². The summed E-state index contributed by atoms with van der Waals surface area (Å²) >= 11 is 0. The van der Waals surface area contributed by atoms with Crippen molar-refractivity contribution in [2.45, 2.75) is 39.3 Å². The normalized spacial score (nSPS) is 17.5. The fraction of sp³-hybridized carbons (Fsp3) is 0.360. The minimum absolute atomic E-state index is 0.0511. The number of aromatic amines is 1. The molecule has 1 unspecified atom stereocenters. The third-order valence-electron chi connectivity index (χ3n) is 6.52. The zero-order chi connectivity index (χ0) is 21.8. The number of amides is 1. The standard InChI is InChI=1S/C25H27N3O3/c1-25(2)11-20-21(12-25)26-27-23(20)16-6-9-19-17(10-16)13-28(24(19)30)22(14-29)15-4-7-18(31-3)8-5-15/h4-10,22,29H,11-14H2,1-3H3,(H,26,27). The van der Waals surface area contributed by atoms with Gasteiger partial charge in [0.25, 0.3) is 5.91 Å². The molecule has 0 spiro atoms. The predicted molar refractivity (Wildman–Crippen MR) is 118 cm³/mol. The average molecular weight is 418 g/mol. The number of hydrogen-bond acceptors (Lipinski definition) is 4. The number of methoxy groups -OCH3 is 1. The van der Waals surface area contributed by atoms with Crippen LogP contribution < -0.4 is 4.74 Å². The summed E-state index contributed by atoms with van der Waals surface area (Å²) in [5, 5.41) is 17.9. The van der Waals surface area contributed by atoms with Crippen LogP contribution in [-0.2, 0) is 19.4 Å². The fourth-order valence-electron chi connectivity index (χ4n) is 4.95. The molecule has 1 aliphatic carbocycles. The highest BCUT2D eigenvalue weighted by atomic mass is 16.5. The lowest BCUT2D eigenvalue weighted by molar-refractivity contribution is 0.0615. The Morgan fingerprint density at radius 2 is 1.97 bits per heavy atom. The number of carbonyl (C=O) groups is 1. The van der Waals surface area contributed by atoms with Crippen LogP contribution in [0.2, 0.25) is 0 Å². The van der Waals surface area contributed by atoms with Gasteiger partial charge in [-0.25, -0.2) is 0 Å². The summed E-state index contributed by atoms with van der Waals surface area (Å²) in [6, 6.07) is 13.1. The Bertz CT molecular complexity index is 1150. The van der Waals surface area contributed by atoms with Gasteiger partial charge in [0.15, 0.2) is 0 Å². The van der Waals surface area contributed by atoms with Gasteiger partial charge in [-0.3, -0.25) is 9.89 Å². The number of aliphatic hydroxyl groups is 1. The topological polar surface area (TPSA) is 78.5 Å². The Labute approximate surface area is 181 Å². The Balaban J connectivity index is 1.44. The first-order valence-electron chi connectivity index (χ1n) is 10.7. The monoisotopic (exact) mass is 417 g/mol. The van der Waals surface area contributed by atoms with E-state index in [9.17, 15) is 9.90 Å². The highest BCUT2D eigenvalue weighted by molar-refractivity contribution is 5.99. The van der Waals surface area contributed by atoms with Crippen molar-refractivity contribution >= 4 is 5.91 Å². The first-order valence-corrected chi connectivity index (χ1v) is 10.7. The molecular weight excluding hydrogens is 390 g/mol. The molecule has 1 aromatic heterocycles. The van der Waals surface area contributed by atoms with E-state index in [0.717, 1.165) is 41.0 Å². The summed E-state index contributed by atoms with van der Waals surface area (Å²) < 4.78 is 5.22. The number of nitrogens with one attached hydrogen (secondary N) is 1. The van der Waals surface area contributed by atoms with Gasteiger partial charge in [-0.1, -0.05) is 32.0 Å². The number of rotatable bonds is 5. The smallest absolute Gasteiger partial charge is 0.255 e. The summed E-state index contributed by atoms with van der Waals surface area (Å²) in [6.45, 7) is 4.88. The number of aliphatic hydroxyl groups excluding tert-OH is 1. The van der Waals surface area contributed by atoms with E-state index in [2.05, 4.69) is 30.1 Å². The second-order valence-electron chi connectivity index (χ2n) is 9.32. The average Bonchev–Trinajstić information content (AvgIpc) is 3.38. The molecule has 2 aromatic carbocycles. The maximum Gasteiger partial charge on any atom is 0.255 e. The highest BCUT2D eigenvalue weighted by Crippen LogP contribution is 2.41. The molecule has 0 saturated heterocycles. The Morgan fingerprint density at radius 1 is 1.19 bits per heavy atom. The van der Waals surface area contributed by atoms with E-state index >= 15 is 0 Å². The number of nitrogens with zero attached hydrogens (tertiary/aromatic N) is 2. The molecular formula is C25H27N3O3. The molecule has 1 aliphatic heterocycles. The van der Waals surface area contributed by atoms with Gasteiger partial charge in [-0.05, 0) is 53.6 Å². The van der Waals surface area contributed by atoms with E-state index in [1.165, 1.54) is 11.3 Å². The van der Waals surface area contributed by atoms with Crippen LogP contribution in [0.4, 0.5) is 0 Å². The summed E-state index contributed by atoms with van der Waals surface area (Å²) in [5.41, 5.74) is 7.34. The van der Waals surface area contributed by atoms with Crippen LogP contribution in [0.25, 0.3) is 11.3 Å². The maximum absolute atomic E-state index is 13.1. The van der Waals surface area contributed by atoms with Gasteiger partial charge in [0, 0.05) is 28.9 Å². The third kappa shape index (κ3) is 3.31. The molecule has 0 bridgehead atoms. The lowest BCUT2D eigenvalue weighted by Gasteiger charge is -2.26. The SMILES string of the molecule is COc1ccc(C(CO)N2Cc3cc(-c4n[nH]c5c4CC(C)(C)C5)ccc3C2=O)cc1. The minimum Gasteiger partial charge on any atom is -0.497 e. The Hall–Kier alpha value is -3.12. The van der Waals surface area contributed by atoms with Gasteiger partial charge < -0.3 is 14.7 Å². The van der Waals surface area contributed by atoms with Gasteiger partial charge >= 0.3 is 0 Å². The van der Waals surface area contributed by atoms with Crippen molar-refractivity contribution in [1.82, 2.24) is 15.1 Å². The predicted octanol–water partition coefficient (Wildman–Crippen LogP) is 3.90. The molecule has 3 aromatic rings. The molecule has 0 fully saturated rings. The number of H-pyrrole nitrogens is 1. The van der Waals surface area contributed by atoms with Crippen molar-refractivity contribution in [2.24, 2.45) is 5.41 Å². The number of carbonyl (C=O) groups excluding carboxylic acids is 1. The van der Waals surface area contributed by atoms with Crippen LogP contribution in [0.15, 0.2) is 42.5 Å². The molecule has 0 saturated carbocycles. The molecule has 160 valence electrons. The van der Waals surface area contributed by atoms with E-state index < -0.39 is 6.04 Å². The second kappa shape index (κ2) is 7.24. The van der Waals surface area contributed by atoms with Crippen LogP contribution in [0.1, 0.15) is 52.6 Å². The van der Waals surface area contributed by atoms with Crippen molar-refractivity contribution in [3.8, 4) is 17.0 Å². The first-order chi connectivity index (χ1) is 14.9. The van der Waals surface area contributed by atoms with Crippen LogP contribution in [0, 0.1) is 5.41 Å². The first kappa shape index (κ1) is 19.8. The van der Waals surface area contributed by atoms with Crippen LogP contribution in [0.5, 0.6) is 5.75 Å². The lowest BCUT2D eigenvalue weighted by atomic mass is 9.90. The fourth-order valence-corrected chi connectivity index (χ4v) is 4.95. The van der Waals surface area contributed by atoms with Crippen molar-refractivity contribution < 1.29 is 14.6 Å². The van der Waals surface area contributed by atoms with Crippen LogP contribution in [0.3, 0.4) is 0 Å². The summed E-state index contributed by atoms with van der Waals surface area (Å²) in [7, 11) is 1.62. The number of benzene rings is 2. The summed E-state index contributed by atoms with van der Waals surface area (Å²) in [4.78, 5) is 14.9. The third-order valence-corrected chi connectivity index (χ3v) is 6.52. The quantitative estimate of drug-likeness (QED) is 0.660. The Kier molecular flexibility index (Phi) is 4.63. The van der Waals surface area contributed by atoms with Gasteiger partial charge in [-0.15, -0.1) is 0 Å². The van der Waals surface area contributed by atoms with Crippen LogP contribution >= 0.6 is 0 Å². The molecule has 2 aliphatic rings. The molecule has 1 atom stereocenters. The summed E-state index contributed by atoms with van der Waals surface area (Å²) in [5.74, 6) is 0.695. The van der Waals surface area contributed by atoms with E-state index in [1.54, 1.807) is 12.0 Å². The van der Waals surface area contributed by atoms with Crippen molar-refractivity contribution in [1.29, 1.82) is 0 Å². The van der Waals surface area contributed by atoms with Gasteiger partial charge in [0.1, 0.15) is 5.75 Å². The second-order valence-corrected chi connectivity index (χ2v) is 9.32. The lowest BCUT2D eigenvalue weighted by Crippen LogP contribution is -2.31. The number of hydrogen-bond donors (Lipinski definition) is 2. The summed E-state index contributed by atoms with van der Waals surface area (Å²) in [6.07, 6.45) is 2.01. The number of fused-ring (bicyclic) bond motifs is 2. The molecule has 0 radical (unpaired) electrons. The highest BCUT2D eigenvalue weighted by Gasteiger charge is 2.35. The maximum atomic E-state index is 13.1. The van der Waals surface area contributed by atoms with E-state index in [-0.39, 0.29) is 17.9 Å².